The van der Waals surface area contributed by atoms with Crippen LogP contribution in [0.1, 0.15) is 40.0 Å². The second-order valence-corrected chi connectivity index (χ2v) is 7.66. The molecule has 0 heterocycles. The maximum Gasteiger partial charge on any atom is 0.00255 e. The van der Waals surface area contributed by atoms with Crippen molar-refractivity contribution >= 4 is 10.9 Å². The molecule has 0 fully saturated rings. The zero-order chi connectivity index (χ0) is 11.1. The summed E-state index contributed by atoms with van der Waals surface area (Å²) in [6.07, 6.45) is 8.77. The molecule has 0 saturated heterocycles. The minimum Gasteiger partial charge on any atom is -0.329 e. The second-order valence-electron chi connectivity index (χ2n) is 5.01. The monoisotopic (exact) mass is 219 g/mol. The molecule has 2 unspecified atom stereocenters. The smallest absolute Gasteiger partial charge is 0.00255 e. The highest BCUT2D eigenvalue weighted by Crippen LogP contribution is 2.27. The lowest BCUT2D eigenvalue weighted by Crippen LogP contribution is -2.20. The summed E-state index contributed by atoms with van der Waals surface area (Å²) in [4.78, 5) is 0. The van der Waals surface area contributed by atoms with Crippen LogP contribution in [0, 0.1) is 11.8 Å². The van der Waals surface area contributed by atoms with E-state index in [-0.39, 0.29) is 10.9 Å². The van der Waals surface area contributed by atoms with Crippen LogP contribution >= 0.6 is 10.9 Å². The van der Waals surface area contributed by atoms with Gasteiger partial charge in [0, 0.05) is 6.54 Å². The van der Waals surface area contributed by atoms with E-state index < -0.39 is 0 Å². The Morgan fingerprint density at radius 2 is 1.64 bits per heavy atom. The Balaban J connectivity index is 3.61. The van der Waals surface area contributed by atoms with E-state index in [9.17, 15) is 0 Å². The molecule has 2 heteroatoms. The first kappa shape index (κ1) is 14.3. The molecule has 0 saturated carbocycles. The van der Waals surface area contributed by atoms with Gasteiger partial charge in [0.2, 0.25) is 0 Å². The Bertz CT molecular complexity index is 134. The van der Waals surface area contributed by atoms with Gasteiger partial charge in [0.15, 0.2) is 0 Å². The Labute approximate surface area is 93.2 Å². The molecule has 0 aromatic carbocycles. The largest absolute Gasteiger partial charge is 0.329 e. The molecule has 0 amide bonds. The standard InChI is InChI=1S/C12H29NS/c1-10(2)11(3)7-6-8-12(9-13)14(4)5/h10-12,14H,6-9,13H2,1-5H3. The Morgan fingerprint density at radius 3 is 2.00 bits per heavy atom. The van der Waals surface area contributed by atoms with Crippen LogP contribution in [-0.4, -0.2) is 24.3 Å². The number of nitrogens with two attached hydrogens (primary N) is 1. The van der Waals surface area contributed by atoms with Crippen LogP contribution in [0.15, 0.2) is 0 Å². The van der Waals surface area contributed by atoms with Crippen LogP contribution in [0.2, 0.25) is 0 Å². The van der Waals surface area contributed by atoms with E-state index in [0.29, 0.717) is 0 Å². The molecule has 88 valence electrons. The third-order valence-corrected chi connectivity index (χ3v) is 5.27. The van der Waals surface area contributed by atoms with E-state index in [1.165, 1.54) is 19.3 Å². The average Bonchev–Trinajstić information content (AvgIpc) is 2.11. The number of rotatable bonds is 7. The minimum atomic E-state index is 0.165. The highest BCUT2D eigenvalue weighted by Gasteiger charge is 2.11. The van der Waals surface area contributed by atoms with Crippen molar-refractivity contribution in [2.75, 3.05) is 19.1 Å². The zero-order valence-electron chi connectivity index (χ0n) is 10.6. The van der Waals surface area contributed by atoms with Crippen LogP contribution in [0.4, 0.5) is 0 Å². The molecule has 0 aromatic heterocycles. The SMILES string of the molecule is CC(C)C(C)CCCC(CN)[SH](C)C. The first-order valence-electron chi connectivity index (χ1n) is 5.85. The highest BCUT2D eigenvalue weighted by molar-refractivity contribution is 8.16. The molecule has 0 aliphatic carbocycles. The summed E-state index contributed by atoms with van der Waals surface area (Å²) < 4.78 is 0. The normalized spacial score (nSPS) is 16.9. The summed E-state index contributed by atoms with van der Waals surface area (Å²) in [5.74, 6) is 1.70. The van der Waals surface area contributed by atoms with E-state index in [1.54, 1.807) is 0 Å². The van der Waals surface area contributed by atoms with E-state index in [4.69, 9.17) is 5.73 Å². The first-order valence-corrected chi connectivity index (χ1v) is 8.16. The fraction of sp³-hybridized carbons (Fsp3) is 1.00. The Morgan fingerprint density at radius 1 is 1.07 bits per heavy atom. The van der Waals surface area contributed by atoms with Gasteiger partial charge in [-0.1, -0.05) is 33.6 Å². The molecule has 0 aliphatic heterocycles. The molecular formula is C12H29NS. The fourth-order valence-corrected chi connectivity index (χ4v) is 2.72. The van der Waals surface area contributed by atoms with Crippen molar-refractivity contribution in [1.82, 2.24) is 0 Å². The van der Waals surface area contributed by atoms with Gasteiger partial charge in [0.1, 0.15) is 0 Å². The predicted molar refractivity (Wildman–Crippen MR) is 71.5 cm³/mol. The van der Waals surface area contributed by atoms with Gasteiger partial charge in [-0.25, -0.2) is 0 Å². The molecule has 0 bridgehead atoms. The molecule has 0 radical (unpaired) electrons. The number of thiol groups is 1. The van der Waals surface area contributed by atoms with E-state index in [0.717, 1.165) is 23.6 Å². The summed E-state index contributed by atoms with van der Waals surface area (Å²) in [6.45, 7) is 7.88. The van der Waals surface area contributed by atoms with Gasteiger partial charge in [-0.15, -0.1) is 0 Å². The van der Waals surface area contributed by atoms with Gasteiger partial charge in [-0.3, -0.25) is 10.9 Å². The van der Waals surface area contributed by atoms with Gasteiger partial charge in [0.05, 0.1) is 0 Å². The third-order valence-electron chi connectivity index (χ3n) is 3.34. The lowest BCUT2D eigenvalue weighted by Gasteiger charge is -2.23. The molecule has 0 aromatic rings. The first-order chi connectivity index (χ1) is 6.49. The van der Waals surface area contributed by atoms with Crippen molar-refractivity contribution in [1.29, 1.82) is 0 Å². The third kappa shape index (κ3) is 5.92. The van der Waals surface area contributed by atoms with Gasteiger partial charge in [-0.2, -0.15) is 0 Å². The molecule has 14 heavy (non-hydrogen) atoms. The van der Waals surface area contributed by atoms with Crippen LogP contribution in [0.25, 0.3) is 0 Å². The summed E-state index contributed by atoms with van der Waals surface area (Å²) in [6, 6.07) is 0. The van der Waals surface area contributed by atoms with Crippen LogP contribution in [0.5, 0.6) is 0 Å². The molecule has 2 N–H and O–H groups in total. The molecule has 2 atom stereocenters. The Kier molecular flexibility index (Phi) is 7.75. The van der Waals surface area contributed by atoms with Crippen LogP contribution in [0.3, 0.4) is 0 Å². The lowest BCUT2D eigenvalue weighted by molar-refractivity contribution is 0.377. The minimum absolute atomic E-state index is 0.165. The van der Waals surface area contributed by atoms with E-state index in [1.807, 2.05) is 0 Å². The topological polar surface area (TPSA) is 26.0 Å². The van der Waals surface area contributed by atoms with Crippen molar-refractivity contribution < 1.29 is 0 Å². The van der Waals surface area contributed by atoms with Crippen molar-refractivity contribution in [3.8, 4) is 0 Å². The molecular weight excluding hydrogens is 190 g/mol. The van der Waals surface area contributed by atoms with E-state index >= 15 is 0 Å². The summed E-state index contributed by atoms with van der Waals surface area (Å²) in [7, 11) is 0.165. The zero-order valence-corrected chi connectivity index (χ0v) is 11.5. The van der Waals surface area contributed by atoms with Crippen molar-refractivity contribution in [2.45, 2.75) is 45.3 Å². The number of hydrogen-bond donors (Lipinski definition) is 2. The van der Waals surface area contributed by atoms with Crippen molar-refractivity contribution in [2.24, 2.45) is 17.6 Å². The van der Waals surface area contributed by atoms with Crippen LogP contribution in [-0.2, 0) is 0 Å². The molecule has 0 rings (SSSR count). The molecule has 0 aliphatic rings. The molecule has 0 spiro atoms. The van der Waals surface area contributed by atoms with Gasteiger partial charge in [0.25, 0.3) is 0 Å². The summed E-state index contributed by atoms with van der Waals surface area (Å²) >= 11 is 0. The highest BCUT2D eigenvalue weighted by atomic mass is 32.2. The van der Waals surface area contributed by atoms with Crippen molar-refractivity contribution in [3.05, 3.63) is 0 Å². The predicted octanol–water partition coefficient (Wildman–Crippen LogP) is 3.04. The maximum absolute atomic E-state index is 5.77. The van der Waals surface area contributed by atoms with Gasteiger partial charge in [-0.05, 0) is 36.0 Å². The summed E-state index contributed by atoms with van der Waals surface area (Å²) in [5, 5.41) is 0.796. The fourth-order valence-electron chi connectivity index (χ4n) is 1.60. The van der Waals surface area contributed by atoms with E-state index in [2.05, 4.69) is 33.3 Å². The quantitative estimate of drug-likeness (QED) is 0.633. The Hall–Kier alpha value is 0.310. The van der Waals surface area contributed by atoms with Crippen molar-refractivity contribution in [3.63, 3.8) is 0 Å². The van der Waals surface area contributed by atoms with Crippen LogP contribution < -0.4 is 5.73 Å². The molecule has 1 nitrogen and oxygen atoms in total. The van der Waals surface area contributed by atoms with Gasteiger partial charge < -0.3 is 5.73 Å². The lowest BCUT2D eigenvalue weighted by atomic mass is 9.92. The second kappa shape index (κ2) is 7.58. The maximum atomic E-state index is 5.77. The summed E-state index contributed by atoms with van der Waals surface area (Å²) in [5.41, 5.74) is 5.77. The van der Waals surface area contributed by atoms with Gasteiger partial charge >= 0.3 is 0 Å². The average molecular weight is 219 g/mol. The number of hydrogen-bond acceptors (Lipinski definition) is 1.